The zero-order valence-electron chi connectivity index (χ0n) is 16.9. The van der Waals surface area contributed by atoms with Gasteiger partial charge in [0, 0.05) is 22.8 Å². The number of anilines is 2. The summed E-state index contributed by atoms with van der Waals surface area (Å²) in [5.41, 5.74) is 7.48. The Bertz CT molecular complexity index is 1090. The van der Waals surface area contributed by atoms with E-state index in [1.54, 1.807) is 0 Å². The molecule has 0 bridgehead atoms. The van der Waals surface area contributed by atoms with Crippen molar-refractivity contribution in [2.24, 2.45) is 4.99 Å². The molecule has 0 aliphatic carbocycles. The minimum absolute atomic E-state index is 0.919. The Morgan fingerprint density at radius 2 is 1.72 bits per heavy atom. The van der Waals surface area contributed by atoms with E-state index in [0.717, 1.165) is 31.6 Å². The summed E-state index contributed by atoms with van der Waals surface area (Å²) in [7, 11) is 4.28. The molecule has 29 heavy (non-hydrogen) atoms. The third-order valence-corrected chi connectivity index (χ3v) is 6.66. The van der Waals surface area contributed by atoms with E-state index in [2.05, 4.69) is 90.6 Å². The van der Waals surface area contributed by atoms with Crippen LogP contribution in [0.4, 0.5) is 17.1 Å². The number of hydrogen-bond acceptors (Lipinski definition) is 4. The van der Waals surface area contributed by atoms with E-state index in [4.69, 9.17) is 4.99 Å². The Morgan fingerprint density at radius 3 is 2.59 bits per heavy atom. The van der Waals surface area contributed by atoms with Gasteiger partial charge in [-0.15, -0.1) is 0 Å². The smallest absolute Gasteiger partial charge is 0.0669 e. The lowest BCUT2D eigenvalue weighted by atomic mass is 10.0. The van der Waals surface area contributed by atoms with Crippen LogP contribution in [0, 0.1) is 0 Å². The first-order chi connectivity index (χ1) is 14.2. The molecule has 4 heteroatoms. The minimum atomic E-state index is 0.919. The summed E-state index contributed by atoms with van der Waals surface area (Å²) < 4.78 is 0. The highest BCUT2D eigenvalue weighted by Gasteiger charge is 2.24. The second kappa shape index (κ2) is 7.69. The summed E-state index contributed by atoms with van der Waals surface area (Å²) in [5, 5.41) is 0. The molecule has 5 rings (SSSR count). The van der Waals surface area contributed by atoms with Crippen LogP contribution in [-0.4, -0.2) is 37.8 Å². The SMILES string of the molecule is CN(C)CCCN1c2ccccc2Sc2cc(C3=Nc4ccccc4C3)ccc21. The quantitative estimate of drug-likeness (QED) is 0.531. The van der Waals surface area contributed by atoms with Gasteiger partial charge in [0.05, 0.1) is 22.8 Å². The summed E-state index contributed by atoms with van der Waals surface area (Å²) in [5.74, 6) is 0. The molecule has 2 aliphatic rings. The number of para-hydroxylation sites is 2. The van der Waals surface area contributed by atoms with Gasteiger partial charge in [0.25, 0.3) is 0 Å². The van der Waals surface area contributed by atoms with Crippen molar-refractivity contribution in [2.45, 2.75) is 22.6 Å². The van der Waals surface area contributed by atoms with Crippen LogP contribution in [0.2, 0.25) is 0 Å². The molecule has 0 radical (unpaired) electrons. The zero-order valence-corrected chi connectivity index (χ0v) is 17.7. The third kappa shape index (κ3) is 3.59. The highest BCUT2D eigenvalue weighted by atomic mass is 32.2. The number of benzene rings is 3. The fraction of sp³-hybridized carbons (Fsp3) is 0.240. The second-order valence-electron chi connectivity index (χ2n) is 7.92. The van der Waals surface area contributed by atoms with Crippen LogP contribution >= 0.6 is 11.8 Å². The van der Waals surface area contributed by atoms with Crippen molar-refractivity contribution in [3.8, 4) is 0 Å². The normalized spacial score (nSPS) is 14.4. The average Bonchev–Trinajstić information content (AvgIpc) is 3.17. The van der Waals surface area contributed by atoms with Gasteiger partial charge >= 0.3 is 0 Å². The second-order valence-corrected chi connectivity index (χ2v) is 9.01. The lowest BCUT2D eigenvalue weighted by Gasteiger charge is -2.33. The predicted octanol–water partition coefficient (Wildman–Crippen LogP) is 5.92. The van der Waals surface area contributed by atoms with Crippen LogP contribution in [0.5, 0.6) is 0 Å². The Hall–Kier alpha value is -2.56. The Labute approximate surface area is 177 Å². The van der Waals surface area contributed by atoms with Gasteiger partial charge in [-0.2, -0.15) is 0 Å². The van der Waals surface area contributed by atoms with Crippen LogP contribution in [0.1, 0.15) is 17.5 Å². The molecule has 0 fully saturated rings. The lowest BCUT2D eigenvalue weighted by molar-refractivity contribution is 0.402. The van der Waals surface area contributed by atoms with E-state index in [-0.39, 0.29) is 0 Å². The van der Waals surface area contributed by atoms with Gasteiger partial charge in [-0.1, -0.05) is 48.2 Å². The molecule has 3 aromatic carbocycles. The van der Waals surface area contributed by atoms with Crippen LogP contribution < -0.4 is 4.90 Å². The van der Waals surface area contributed by atoms with E-state index in [0.29, 0.717) is 0 Å². The molecular weight excluding hydrogens is 374 g/mol. The van der Waals surface area contributed by atoms with Gasteiger partial charge in [0.15, 0.2) is 0 Å². The highest BCUT2D eigenvalue weighted by molar-refractivity contribution is 7.99. The number of rotatable bonds is 5. The molecule has 2 aliphatic heterocycles. The molecule has 0 unspecified atom stereocenters. The fourth-order valence-corrected chi connectivity index (χ4v) is 5.24. The molecule has 0 spiro atoms. The largest absolute Gasteiger partial charge is 0.340 e. The van der Waals surface area contributed by atoms with Crippen molar-refractivity contribution in [1.82, 2.24) is 4.90 Å². The lowest BCUT2D eigenvalue weighted by Crippen LogP contribution is -2.25. The van der Waals surface area contributed by atoms with Crippen LogP contribution in [0.15, 0.2) is 81.5 Å². The third-order valence-electron chi connectivity index (χ3n) is 5.55. The topological polar surface area (TPSA) is 18.8 Å². The molecule has 0 saturated heterocycles. The monoisotopic (exact) mass is 399 g/mol. The van der Waals surface area contributed by atoms with Crippen molar-refractivity contribution < 1.29 is 0 Å². The maximum Gasteiger partial charge on any atom is 0.0669 e. The Balaban J connectivity index is 1.48. The van der Waals surface area contributed by atoms with Gasteiger partial charge in [-0.05, 0) is 68.5 Å². The van der Waals surface area contributed by atoms with Crippen LogP contribution in [0.3, 0.4) is 0 Å². The Kier molecular flexibility index (Phi) is 4.90. The number of hydrogen-bond donors (Lipinski definition) is 0. The molecule has 3 aromatic rings. The maximum absolute atomic E-state index is 4.89. The van der Waals surface area contributed by atoms with Crippen molar-refractivity contribution in [3.63, 3.8) is 0 Å². The fourth-order valence-electron chi connectivity index (χ4n) is 4.10. The van der Waals surface area contributed by atoms with E-state index >= 15 is 0 Å². The molecule has 3 nitrogen and oxygen atoms in total. The van der Waals surface area contributed by atoms with Crippen molar-refractivity contribution in [1.29, 1.82) is 0 Å². The number of nitrogens with zero attached hydrogens (tertiary/aromatic N) is 3. The minimum Gasteiger partial charge on any atom is -0.340 e. The molecule has 0 N–H and O–H groups in total. The van der Waals surface area contributed by atoms with E-state index in [9.17, 15) is 0 Å². The highest BCUT2D eigenvalue weighted by Crippen LogP contribution is 2.48. The maximum atomic E-state index is 4.89. The summed E-state index contributed by atoms with van der Waals surface area (Å²) in [6, 6.07) is 24.1. The average molecular weight is 400 g/mol. The standard InChI is InChI=1S/C25H25N3S/c1-27(2)14-7-15-28-22-10-5-6-11-24(22)29-25-17-19(12-13-23(25)28)21-16-18-8-3-4-9-20(18)26-21/h3-6,8-13,17H,7,14-16H2,1-2H3. The number of fused-ring (bicyclic) bond motifs is 3. The van der Waals surface area contributed by atoms with Crippen molar-refractivity contribution in [2.75, 3.05) is 32.1 Å². The van der Waals surface area contributed by atoms with Gasteiger partial charge < -0.3 is 9.80 Å². The summed E-state index contributed by atoms with van der Waals surface area (Å²) in [6.07, 6.45) is 2.05. The van der Waals surface area contributed by atoms with Gasteiger partial charge in [0.2, 0.25) is 0 Å². The molecule has 0 aromatic heterocycles. The molecule has 0 saturated carbocycles. The van der Waals surface area contributed by atoms with Crippen LogP contribution in [0.25, 0.3) is 0 Å². The molecule has 0 atom stereocenters. The van der Waals surface area contributed by atoms with E-state index < -0.39 is 0 Å². The van der Waals surface area contributed by atoms with E-state index in [1.807, 2.05) is 11.8 Å². The molecule has 2 heterocycles. The van der Waals surface area contributed by atoms with Gasteiger partial charge in [0.1, 0.15) is 0 Å². The Morgan fingerprint density at radius 1 is 0.931 bits per heavy atom. The summed E-state index contributed by atoms with van der Waals surface area (Å²) in [6.45, 7) is 2.11. The predicted molar refractivity (Wildman–Crippen MR) is 124 cm³/mol. The first-order valence-corrected chi connectivity index (χ1v) is 11.0. The number of aliphatic imine (C=N–C) groups is 1. The van der Waals surface area contributed by atoms with E-state index in [1.165, 1.54) is 38.0 Å². The molecular formula is C25H25N3S. The first-order valence-electron chi connectivity index (χ1n) is 10.2. The van der Waals surface area contributed by atoms with Crippen molar-refractivity contribution in [3.05, 3.63) is 77.9 Å². The van der Waals surface area contributed by atoms with Crippen LogP contribution in [-0.2, 0) is 6.42 Å². The van der Waals surface area contributed by atoms with Crippen molar-refractivity contribution >= 4 is 34.5 Å². The zero-order chi connectivity index (χ0) is 19.8. The van der Waals surface area contributed by atoms with Gasteiger partial charge in [-0.3, -0.25) is 4.99 Å². The van der Waals surface area contributed by atoms with Gasteiger partial charge in [-0.25, -0.2) is 0 Å². The summed E-state index contributed by atoms with van der Waals surface area (Å²) >= 11 is 1.88. The first kappa shape index (κ1) is 18.5. The molecule has 0 amide bonds. The summed E-state index contributed by atoms with van der Waals surface area (Å²) in [4.78, 5) is 12.3. The molecule has 146 valence electrons.